The highest BCUT2D eigenvalue weighted by molar-refractivity contribution is 5.13. The highest BCUT2D eigenvalue weighted by atomic mass is 15.1. The lowest BCUT2D eigenvalue weighted by Crippen LogP contribution is -2.46. The summed E-state index contributed by atoms with van der Waals surface area (Å²) < 4.78 is 0. The Morgan fingerprint density at radius 2 is 2.17 bits per heavy atom. The van der Waals surface area contributed by atoms with Gasteiger partial charge in [-0.25, -0.2) is 0 Å². The van der Waals surface area contributed by atoms with Crippen LogP contribution in [0, 0.1) is 11.3 Å². The predicted octanol–water partition coefficient (Wildman–Crippen LogP) is 2.92. The van der Waals surface area contributed by atoms with E-state index in [1.165, 1.54) is 25.8 Å². The molecule has 0 saturated heterocycles. The normalized spacial score (nSPS) is 27.9. The number of nitriles is 1. The van der Waals surface area contributed by atoms with Crippen molar-refractivity contribution in [2.75, 3.05) is 13.6 Å². The molecule has 2 atom stereocenters. The Balaban J connectivity index is 2.46. The first-order valence-electron chi connectivity index (χ1n) is 7.42. The molecule has 0 heterocycles. The summed E-state index contributed by atoms with van der Waals surface area (Å²) in [4.78, 5) is 2.46. The van der Waals surface area contributed by atoms with E-state index in [4.69, 9.17) is 0 Å². The molecule has 0 radical (unpaired) electrons. The van der Waals surface area contributed by atoms with Crippen LogP contribution in [0.1, 0.15) is 59.3 Å². The predicted molar refractivity (Wildman–Crippen MR) is 76.4 cm³/mol. The number of unbranched alkanes of at least 4 members (excludes halogenated alkanes) is 2. The van der Waals surface area contributed by atoms with Crippen LogP contribution in [0.5, 0.6) is 0 Å². The summed E-state index contributed by atoms with van der Waals surface area (Å²) in [6.07, 6.45) is 6.98. The summed E-state index contributed by atoms with van der Waals surface area (Å²) in [5.41, 5.74) is -0.280. The van der Waals surface area contributed by atoms with E-state index in [-0.39, 0.29) is 5.54 Å². The summed E-state index contributed by atoms with van der Waals surface area (Å²) >= 11 is 0. The van der Waals surface area contributed by atoms with Crippen LogP contribution in [0.4, 0.5) is 0 Å². The third-order valence-corrected chi connectivity index (χ3v) is 4.01. The van der Waals surface area contributed by atoms with Crippen molar-refractivity contribution in [3.05, 3.63) is 0 Å². The zero-order valence-electron chi connectivity index (χ0n) is 12.5. The molecule has 1 N–H and O–H groups in total. The van der Waals surface area contributed by atoms with Gasteiger partial charge in [0.2, 0.25) is 0 Å². The molecule has 0 aliphatic heterocycles. The zero-order valence-corrected chi connectivity index (χ0v) is 12.5. The number of nitrogens with zero attached hydrogens (tertiary/aromatic N) is 2. The number of nitrogens with one attached hydrogen (secondary N) is 1. The zero-order chi connectivity index (χ0) is 13.6. The van der Waals surface area contributed by atoms with Crippen LogP contribution < -0.4 is 5.32 Å². The summed E-state index contributed by atoms with van der Waals surface area (Å²) in [5, 5.41) is 12.9. The maximum atomic E-state index is 9.45. The van der Waals surface area contributed by atoms with E-state index in [2.05, 4.69) is 44.1 Å². The minimum absolute atomic E-state index is 0.280. The second-order valence-corrected chi connectivity index (χ2v) is 6.08. The molecule has 3 heteroatoms. The van der Waals surface area contributed by atoms with Crippen molar-refractivity contribution in [3.8, 4) is 6.07 Å². The van der Waals surface area contributed by atoms with Crippen LogP contribution in [-0.2, 0) is 0 Å². The number of hydrogen-bond donors (Lipinski definition) is 1. The van der Waals surface area contributed by atoms with Gasteiger partial charge in [0.05, 0.1) is 6.07 Å². The average molecular weight is 251 g/mol. The molecular formula is C15H29N3. The van der Waals surface area contributed by atoms with Gasteiger partial charge in [0.25, 0.3) is 0 Å². The molecular weight excluding hydrogens is 222 g/mol. The van der Waals surface area contributed by atoms with E-state index in [0.717, 1.165) is 19.3 Å². The minimum atomic E-state index is -0.280. The largest absolute Gasteiger partial charge is 0.303 e. The molecule has 1 fully saturated rings. The van der Waals surface area contributed by atoms with Crippen molar-refractivity contribution in [3.63, 3.8) is 0 Å². The van der Waals surface area contributed by atoms with Gasteiger partial charge in [0.1, 0.15) is 5.54 Å². The van der Waals surface area contributed by atoms with E-state index in [1.807, 2.05) is 0 Å². The first kappa shape index (κ1) is 15.5. The molecule has 104 valence electrons. The van der Waals surface area contributed by atoms with Crippen LogP contribution in [0.25, 0.3) is 0 Å². The Morgan fingerprint density at radius 1 is 1.44 bits per heavy atom. The quantitative estimate of drug-likeness (QED) is 0.707. The molecule has 18 heavy (non-hydrogen) atoms. The monoisotopic (exact) mass is 251 g/mol. The second-order valence-electron chi connectivity index (χ2n) is 6.08. The van der Waals surface area contributed by atoms with Crippen molar-refractivity contribution in [2.45, 2.75) is 76.9 Å². The third-order valence-electron chi connectivity index (χ3n) is 4.01. The molecule has 0 aromatic rings. The van der Waals surface area contributed by atoms with Gasteiger partial charge in [-0.15, -0.1) is 0 Å². The Morgan fingerprint density at radius 3 is 2.72 bits per heavy atom. The minimum Gasteiger partial charge on any atom is -0.303 e. The van der Waals surface area contributed by atoms with Crippen LogP contribution >= 0.6 is 0 Å². The average Bonchev–Trinajstić information content (AvgIpc) is 2.73. The van der Waals surface area contributed by atoms with E-state index < -0.39 is 0 Å². The van der Waals surface area contributed by atoms with Gasteiger partial charge < -0.3 is 4.90 Å². The topological polar surface area (TPSA) is 39.1 Å². The molecule has 3 nitrogen and oxygen atoms in total. The van der Waals surface area contributed by atoms with Crippen molar-refractivity contribution >= 4 is 0 Å². The van der Waals surface area contributed by atoms with Crippen LogP contribution in [0.2, 0.25) is 0 Å². The van der Waals surface area contributed by atoms with Gasteiger partial charge in [-0.1, -0.05) is 19.8 Å². The Labute approximate surface area is 113 Å². The first-order chi connectivity index (χ1) is 8.53. The lowest BCUT2D eigenvalue weighted by molar-refractivity contribution is 0.230. The smallest absolute Gasteiger partial charge is 0.108 e. The van der Waals surface area contributed by atoms with E-state index in [1.54, 1.807) is 0 Å². The second kappa shape index (κ2) is 7.11. The highest BCUT2D eigenvalue weighted by Gasteiger charge is 2.40. The summed E-state index contributed by atoms with van der Waals surface area (Å²) in [6, 6.07) is 3.48. The molecule has 0 aromatic carbocycles. The van der Waals surface area contributed by atoms with Crippen molar-refractivity contribution in [1.82, 2.24) is 10.2 Å². The van der Waals surface area contributed by atoms with Crippen molar-refractivity contribution in [2.24, 2.45) is 0 Å². The Hall–Kier alpha value is -0.590. The van der Waals surface area contributed by atoms with Crippen molar-refractivity contribution in [1.29, 1.82) is 5.26 Å². The van der Waals surface area contributed by atoms with Crippen LogP contribution in [-0.4, -0.2) is 36.1 Å². The van der Waals surface area contributed by atoms with Gasteiger partial charge in [0, 0.05) is 12.1 Å². The van der Waals surface area contributed by atoms with Crippen molar-refractivity contribution < 1.29 is 0 Å². The molecule has 0 bridgehead atoms. The molecule has 1 saturated carbocycles. The lowest BCUT2D eigenvalue weighted by atomic mass is 9.98. The summed E-state index contributed by atoms with van der Waals surface area (Å²) in [6.45, 7) is 7.65. The van der Waals surface area contributed by atoms with Gasteiger partial charge in [-0.2, -0.15) is 5.26 Å². The third kappa shape index (κ3) is 4.26. The molecule has 0 aromatic heterocycles. The SMILES string of the molecule is CCCCCN(C)C1CCC(C#N)(NC(C)C)C1. The van der Waals surface area contributed by atoms with Gasteiger partial charge in [-0.05, 0) is 53.1 Å². The molecule has 1 aliphatic rings. The summed E-state index contributed by atoms with van der Waals surface area (Å²) in [5.74, 6) is 0. The molecule has 1 rings (SSSR count). The fourth-order valence-electron chi connectivity index (χ4n) is 3.01. The summed E-state index contributed by atoms with van der Waals surface area (Å²) in [7, 11) is 2.21. The maximum absolute atomic E-state index is 9.45. The molecule has 1 aliphatic carbocycles. The van der Waals surface area contributed by atoms with Gasteiger partial charge >= 0.3 is 0 Å². The number of hydrogen-bond acceptors (Lipinski definition) is 3. The molecule has 2 unspecified atom stereocenters. The van der Waals surface area contributed by atoms with Crippen LogP contribution in [0.15, 0.2) is 0 Å². The maximum Gasteiger partial charge on any atom is 0.108 e. The standard InChI is InChI=1S/C15H29N3/c1-5-6-7-10-18(4)14-8-9-15(11-14,12-16)17-13(2)3/h13-14,17H,5-11H2,1-4H3. The van der Waals surface area contributed by atoms with Gasteiger partial charge in [0.15, 0.2) is 0 Å². The van der Waals surface area contributed by atoms with E-state index >= 15 is 0 Å². The Kier molecular flexibility index (Phi) is 6.11. The fourth-order valence-corrected chi connectivity index (χ4v) is 3.01. The highest BCUT2D eigenvalue weighted by Crippen LogP contribution is 2.32. The number of rotatable bonds is 7. The van der Waals surface area contributed by atoms with E-state index in [0.29, 0.717) is 12.1 Å². The van der Waals surface area contributed by atoms with Crippen LogP contribution in [0.3, 0.4) is 0 Å². The lowest BCUT2D eigenvalue weighted by Gasteiger charge is -2.28. The molecule has 0 amide bonds. The Bertz CT molecular complexity index is 282. The molecule has 0 spiro atoms. The van der Waals surface area contributed by atoms with Gasteiger partial charge in [-0.3, -0.25) is 5.32 Å². The first-order valence-corrected chi connectivity index (χ1v) is 7.42. The van der Waals surface area contributed by atoms with E-state index in [9.17, 15) is 5.26 Å². The fraction of sp³-hybridized carbons (Fsp3) is 0.933.